The van der Waals surface area contributed by atoms with Crippen molar-refractivity contribution < 1.29 is 4.39 Å². The third-order valence-electron chi connectivity index (χ3n) is 2.16. The molecule has 0 saturated carbocycles. The number of thioether (sulfide) groups is 1. The summed E-state index contributed by atoms with van der Waals surface area (Å²) < 4.78 is 12.7. The second-order valence-electron chi connectivity index (χ2n) is 3.39. The largest absolute Gasteiger partial charge is 0.372 e. The topological polar surface area (TPSA) is 37.8 Å². The Morgan fingerprint density at radius 3 is 2.53 bits per heavy atom. The second kappa shape index (κ2) is 5.63. The monoisotopic (exact) mass is 249 g/mol. The molecule has 5 heteroatoms. The Kier molecular flexibility index (Phi) is 3.93. The number of hydrogen-bond donors (Lipinski definition) is 1. The maximum atomic E-state index is 12.7. The lowest BCUT2D eigenvalue weighted by Crippen LogP contribution is -1.95. The van der Waals surface area contributed by atoms with E-state index < -0.39 is 0 Å². The van der Waals surface area contributed by atoms with Gasteiger partial charge >= 0.3 is 0 Å². The lowest BCUT2D eigenvalue weighted by molar-refractivity contribution is 0.626. The van der Waals surface area contributed by atoms with Gasteiger partial charge in [-0.1, -0.05) is 0 Å². The molecule has 0 amide bonds. The Bertz CT molecular complexity index is 470. The van der Waals surface area contributed by atoms with Crippen LogP contribution >= 0.6 is 11.8 Å². The maximum Gasteiger partial charge on any atom is 0.144 e. The fourth-order valence-corrected chi connectivity index (χ4v) is 2.04. The first-order chi connectivity index (χ1) is 8.28. The summed E-state index contributed by atoms with van der Waals surface area (Å²) in [5.41, 5.74) is 0.901. The first kappa shape index (κ1) is 11.9. The predicted octanol–water partition coefficient (Wildman–Crippen LogP) is 2.95. The van der Waals surface area contributed by atoms with E-state index in [2.05, 4.69) is 15.3 Å². The van der Waals surface area contributed by atoms with Crippen molar-refractivity contribution in [3.8, 4) is 0 Å². The molecule has 0 fully saturated rings. The molecular weight excluding hydrogens is 237 g/mol. The van der Waals surface area contributed by atoms with Crippen molar-refractivity contribution in [1.82, 2.24) is 9.97 Å². The SMILES string of the molecule is CNc1cnc(CSc2ccc(F)cc2)cn1. The van der Waals surface area contributed by atoms with Crippen molar-refractivity contribution in [2.45, 2.75) is 10.6 Å². The molecule has 88 valence electrons. The maximum absolute atomic E-state index is 12.7. The van der Waals surface area contributed by atoms with Gasteiger partial charge in [-0.2, -0.15) is 0 Å². The van der Waals surface area contributed by atoms with E-state index in [0.717, 1.165) is 22.2 Å². The van der Waals surface area contributed by atoms with Crippen molar-refractivity contribution in [2.24, 2.45) is 0 Å². The fraction of sp³-hybridized carbons (Fsp3) is 0.167. The molecule has 1 heterocycles. The van der Waals surface area contributed by atoms with Crippen LogP contribution in [0.4, 0.5) is 10.2 Å². The molecule has 0 aliphatic carbocycles. The minimum atomic E-state index is -0.215. The highest BCUT2D eigenvalue weighted by Gasteiger charge is 1.99. The molecule has 1 N–H and O–H groups in total. The molecule has 2 rings (SSSR count). The quantitative estimate of drug-likeness (QED) is 0.845. The van der Waals surface area contributed by atoms with E-state index in [0.29, 0.717) is 0 Å². The molecule has 0 aliphatic heterocycles. The van der Waals surface area contributed by atoms with Crippen molar-refractivity contribution in [2.75, 3.05) is 12.4 Å². The van der Waals surface area contributed by atoms with Crippen molar-refractivity contribution >= 4 is 17.6 Å². The summed E-state index contributed by atoms with van der Waals surface area (Å²) in [7, 11) is 1.80. The molecule has 0 unspecified atom stereocenters. The molecule has 1 aromatic heterocycles. The van der Waals surface area contributed by atoms with Gasteiger partial charge in [-0.25, -0.2) is 9.37 Å². The first-order valence-corrected chi connectivity index (χ1v) is 6.13. The summed E-state index contributed by atoms with van der Waals surface area (Å²) in [5.74, 6) is 1.26. The molecule has 0 saturated heterocycles. The van der Waals surface area contributed by atoms with Gasteiger partial charge in [-0.3, -0.25) is 4.98 Å². The van der Waals surface area contributed by atoms with Crippen LogP contribution in [0.25, 0.3) is 0 Å². The second-order valence-corrected chi connectivity index (χ2v) is 4.43. The molecule has 0 spiro atoms. The van der Waals surface area contributed by atoms with Gasteiger partial charge in [0.1, 0.15) is 11.6 Å². The van der Waals surface area contributed by atoms with Gasteiger partial charge in [0.15, 0.2) is 0 Å². The van der Waals surface area contributed by atoms with Crippen molar-refractivity contribution in [3.63, 3.8) is 0 Å². The third kappa shape index (κ3) is 3.42. The molecule has 0 atom stereocenters. The van der Waals surface area contributed by atoms with Gasteiger partial charge < -0.3 is 5.32 Å². The fourth-order valence-electron chi connectivity index (χ4n) is 1.25. The number of nitrogens with zero attached hydrogens (tertiary/aromatic N) is 2. The molecule has 0 aliphatic rings. The Labute approximate surface area is 103 Å². The zero-order valence-electron chi connectivity index (χ0n) is 9.35. The van der Waals surface area contributed by atoms with E-state index in [9.17, 15) is 4.39 Å². The van der Waals surface area contributed by atoms with Gasteiger partial charge in [0.25, 0.3) is 0 Å². The van der Waals surface area contributed by atoms with E-state index in [4.69, 9.17) is 0 Å². The summed E-state index contributed by atoms with van der Waals surface area (Å²) in [6.45, 7) is 0. The zero-order chi connectivity index (χ0) is 12.1. The minimum absolute atomic E-state index is 0.215. The minimum Gasteiger partial charge on any atom is -0.372 e. The van der Waals surface area contributed by atoms with Crippen LogP contribution in [0.5, 0.6) is 0 Å². The number of aromatic nitrogens is 2. The van der Waals surface area contributed by atoms with Crippen LogP contribution in [-0.4, -0.2) is 17.0 Å². The number of hydrogen-bond acceptors (Lipinski definition) is 4. The molecular formula is C12H12FN3S. The Morgan fingerprint density at radius 2 is 1.94 bits per heavy atom. The van der Waals surface area contributed by atoms with Crippen LogP contribution in [-0.2, 0) is 5.75 Å². The van der Waals surface area contributed by atoms with Crippen LogP contribution in [0.3, 0.4) is 0 Å². The molecule has 2 aromatic rings. The summed E-state index contributed by atoms with van der Waals surface area (Å²) in [6, 6.07) is 6.43. The number of benzene rings is 1. The first-order valence-electron chi connectivity index (χ1n) is 5.15. The average Bonchev–Trinajstić information content (AvgIpc) is 2.39. The zero-order valence-corrected chi connectivity index (χ0v) is 10.2. The van der Waals surface area contributed by atoms with Crippen LogP contribution in [0.2, 0.25) is 0 Å². The van der Waals surface area contributed by atoms with E-state index in [1.165, 1.54) is 12.1 Å². The van der Waals surface area contributed by atoms with Crippen LogP contribution < -0.4 is 5.32 Å². The Morgan fingerprint density at radius 1 is 1.18 bits per heavy atom. The highest BCUT2D eigenvalue weighted by molar-refractivity contribution is 7.98. The summed E-state index contributed by atoms with van der Waals surface area (Å²) in [6.07, 6.45) is 3.43. The summed E-state index contributed by atoms with van der Waals surface area (Å²) >= 11 is 1.61. The predicted molar refractivity (Wildman–Crippen MR) is 67.5 cm³/mol. The van der Waals surface area contributed by atoms with Crippen molar-refractivity contribution in [3.05, 3.63) is 48.2 Å². The molecule has 1 aromatic carbocycles. The van der Waals surface area contributed by atoms with Gasteiger partial charge in [-0.15, -0.1) is 11.8 Å². The van der Waals surface area contributed by atoms with Gasteiger partial charge in [0.2, 0.25) is 0 Å². The number of halogens is 1. The van der Waals surface area contributed by atoms with E-state index in [-0.39, 0.29) is 5.82 Å². The van der Waals surface area contributed by atoms with E-state index >= 15 is 0 Å². The Balaban J connectivity index is 1.95. The standard InChI is InChI=1S/C12H12FN3S/c1-14-12-7-15-10(6-16-12)8-17-11-4-2-9(13)3-5-11/h2-7H,8H2,1H3,(H,14,16). The van der Waals surface area contributed by atoms with Gasteiger partial charge in [0.05, 0.1) is 18.1 Å². The average molecular weight is 249 g/mol. The van der Waals surface area contributed by atoms with E-state index in [1.807, 2.05) is 0 Å². The molecule has 0 radical (unpaired) electrons. The van der Waals surface area contributed by atoms with E-state index in [1.54, 1.807) is 43.3 Å². The smallest absolute Gasteiger partial charge is 0.144 e. The van der Waals surface area contributed by atoms with Crippen LogP contribution in [0.1, 0.15) is 5.69 Å². The van der Waals surface area contributed by atoms with Crippen molar-refractivity contribution in [1.29, 1.82) is 0 Å². The highest BCUT2D eigenvalue weighted by Crippen LogP contribution is 2.21. The third-order valence-corrected chi connectivity index (χ3v) is 3.21. The highest BCUT2D eigenvalue weighted by atomic mass is 32.2. The molecule has 17 heavy (non-hydrogen) atoms. The Hall–Kier alpha value is -1.62. The molecule has 3 nitrogen and oxygen atoms in total. The van der Waals surface area contributed by atoms with Crippen LogP contribution in [0.15, 0.2) is 41.6 Å². The number of anilines is 1. The van der Waals surface area contributed by atoms with Gasteiger partial charge in [0, 0.05) is 17.7 Å². The lowest BCUT2D eigenvalue weighted by Gasteiger charge is -2.02. The van der Waals surface area contributed by atoms with Gasteiger partial charge in [-0.05, 0) is 24.3 Å². The lowest BCUT2D eigenvalue weighted by atomic mass is 10.4. The number of nitrogens with one attached hydrogen (secondary N) is 1. The normalized spacial score (nSPS) is 10.2. The van der Waals surface area contributed by atoms with Crippen LogP contribution in [0, 0.1) is 5.82 Å². The number of rotatable bonds is 4. The summed E-state index contributed by atoms with van der Waals surface area (Å²) in [5, 5.41) is 2.91. The molecule has 0 bridgehead atoms. The summed E-state index contributed by atoms with van der Waals surface area (Å²) in [4.78, 5) is 9.46.